The first-order valence-corrected chi connectivity index (χ1v) is 9.42. The molecule has 0 aliphatic carbocycles. The molecule has 6 heteroatoms. The van der Waals surface area contributed by atoms with Gasteiger partial charge in [-0.2, -0.15) is 5.10 Å². The number of ether oxygens (including phenoxy) is 3. The Kier molecular flexibility index (Phi) is 6.92. The van der Waals surface area contributed by atoms with Crippen LogP contribution in [-0.4, -0.2) is 31.5 Å². The average molecular weight is 393 g/mol. The van der Waals surface area contributed by atoms with Crippen molar-refractivity contribution in [3.63, 3.8) is 0 Å². The number of rotatable bonds is 10. The summed E-state index contributed by atoms with van der Waals surface area (Å²) in [5.74, 6) is 2.32. The number of nitrogens with zero attached hydrogens (tertiary/aromatic N) is 1. The summed E-state index contributed by atoms with van der Waals surface area (Å²) in [6, 6.07) is 12.0. The van der Waals surface area contributed by atoms with Gasteiger partial charge >= 0.3 is 0 Å². The van der Waals surface area contributed by atoms with Gasteiger partial charge in [0.05, 0.1) is 33.2 Å². The van der Waals surface area contributed by atoms with Crippen LogP contribution in [-0.2, 0) is 19.5 Å². The van der Waals surface area contributed by atoms with Gasteiger partial charge in [0.2, 0.25) is 0 Å². The number of allylic oxidation sites excluding steroid dienone is 1. The lowest BCUT2D eigenvalue weighted by molar-refractivity contribution is 0.351. The summed E-state index contributed by atoms with van der Waals surface area (Å²) in [6.07, 6.45) is 4.43. The van der Waals surface area contributed by atoms with E-state index in [1.54, 1.807) is 21.3 Å². The van der Waals surface area contributed by atoms with Crippen molar-refractivity contribution in [1.29, 1.82) is 0 Å². The molecule has 1 aromatic heterocycles. The third kappa shape index (κ3) is 4.78. The minimum atomic E-state index is 0.684. The van der Waals surface area contributed by atoms with Gasteiger partial charge in [0.25, 0.3) is 0 Å². The van der Waals surface area contributed by atoms with E-state index in [2.05, 4.69) is 28.2 Å². The topological polar surface area (TPSA) is 68.4 Å². The van der Waals surface area contributed by atoms with Crippen molar-refractivity contribution >= 4 is 0 Å². The Labute approximate surface area is 171 Å². The molecule has 0 unspecified atom stereocenters. The molecule has 0 amide bonds. The van der Waals surface area contributed by atoms with Gasteiger partial charge in [-0.3, -0.25) is 5.10 Å². The monoisotopic (exact) mass is 393 g/mol. The molecular formula is C23H27N3O3. The van der Waals surface area contributed by atoms with Crippen LogP contribution in [0.4, 0.5) is 0 Å². The molecule has 1 heterocycles. The molecule has 0 bridgehead atoms. The maximum absolute atomic E-state index is 5.50. The second kappa shape index (κ2) is 9.80. The smallest absolute Gasteiger partial charge is 0.164 e. The third-order valence-corrected chi connectivity index (χ3v) is 4.72. The number of nitrogens with one attached hydrogen (secondary N) is 2. The SMILES string of the molecule is C=CCc1cc(CNCc2cn[nH]c2-c2ccc(OC)cc2)cc(OC)c1OC. The summed E-state index contributed by atoms with van der Waals surface area (Å²) in [5, 5.41) is 10.8. The van der Waals surface area contributed by atoms with Crippen molar-refractivity contribution in [2.45, 2.75) is 19.5 Å². The lowest BCUT2D eigenvalue weighted by atomic mass is 10.0. The van der Waals surface area contributed by atoms with Crippen LogP contribution in [0.15, 0.2) is 55.3 Å². The standard InChI is InChI=1S/C23H27N3O3/c1-5-6-18-11-16(12-21(28-3)23(18)29-4)13-24-14-19-15-25-26-22(19)17-7-9-20(27-2)10-8-17/h5,7-12,15,24H,1,6,13-14H2,2-4H3,(H,25,26). The van der Waals surface area contributed by atoms with Crippen molar-refractivity contribution in [3.05, 3.63) is 71.9 Å². The van der Waals surface area contributed by atoms with Crippen LogP contribution in [0.3, 0.4) is 0 Å². The Morgan fingerprint density at radius 2 is 1.79 bits per heavy atom. The van der Waals surface area contributed by atoms with Crippen molar-refractivity contribution in [1.82, 2.24) is 15.5 Å². The molecular weight excluding hydrogens is 366 g/mol. The third-order valence-electron chi connectivity index (χ3n) is 4.72. The second-order valence-electron chi connectivity index (χ2n) is 6.59. The molecule has 2 N–H and O–H groups in total. The van der Waals surface area contributed by atoms with Gasteiger partial charge in [0.15, 0.2) is 11.5 Å². The predicted octanol–water partition coefficient (Wildman–Crippen LogP) is 4.12. The van der Waals surface area contributed by atoms with E-state index in [0.717, 1.165) is 51.6 Å². The fourth-order valence-electron chi connectivity index (χ4n) is 3.31. The largest absolute Gasteiger partial charge is 0.497 e. The zero-order valence-corrected chi connectivity index (χ0v) is 17.1. The molecule has 29 heavy (non-hydrogen) atoms. The number of H-pyrrole nitrogens is 1. The van der Waals surface area contributed by atoms with Gasteiger partial charge < -0.3 is 19.5 Å². The Morgan fingerprint density at radius 1 is 1.00 bits per heavy atom. The number of hydrogen-bond donors (Lipinski definition) is 2. The summed E-state index contributed by atoms with van der Waals surface area (Å²) >= 11 is 0. The van der Waals surface area contributed by atoms with Gasteiger partial charge in [0, 0.05) is 29.8 Å². The van der Waals surface area contributed by atoms with Crippen molar-refractivity contribution in [3.8, 4) is 28.5 Å². The molecule has 0 radical (unpaired) electrons. The molecule has 0 saturated heterocycles. The highest BCUT2D eigenvalue weighted by molar-refractivity contribution is 5.63. The Balaban J connectivity index is 1.71. The highest BCUT2D eigenvalue weighted by Crippen LogP contribution is 2.33. The number of aromatic amines is 1. The first kappa shape index (κ1) is 20.5. The number of hydrogen-bond acceptors (Lipinski definition) is 5. The number of methoxy groups -OCH3 is 3. The van der Waals surface area contributed by atoms with Crippen LogP contribution in [0.5, 0.6) is 17.2 Å². The first-order chi connectivity index (χ1) is 14.2. The zero-order valence-electron chi connectivity index (χ0n) is 17.1. The van der Waals surface area contributed by atoms with E-state index in [9.17, 15) is 0 Å². The van der Waals surface area contributed by atoms with Crippen LogP contribution in [0.2, 0.25) is 0 Å². The van der Waals surface area contributed by atoms with Gasteiger partial charge in [-0.1, -0.05) is 12.1 Å². The van der Waals surface area contributed by atoms with E-state index in [4.69, 9.17) is 14.2 Å². The first-order valence-electron chi connectivity index (χ1n) is 9.42. The molecule has 6 nitrogen and oxygen atoms in total. The van der Waals surface area contributed by atoms with E-state index in [1.165, 1.54) is 0 Å². The number of benzene rings is 2. The second-order valence-corrected chi connectivity index (χ2v) is 6.59. The molecule has 0 saturated carbocycles. The van der Waals surface area contributed by atoms with Crippen LogP contribution in [0, 0.1) is 0 Å². The van der Waals surface area contributed by atoms with Gasteiger partial charge in [-0.15, -0.1) is 6.58 Å². The molecule has 2 aromatic carbocycles. The summed E-state index contributed by atoms with van der Waals surface area (Å²) in [5.41, 5.74) is 5.34. The van der Waals surface area contributed by atoms with Gasteiger partial charge in [-0.05, 0) is 42.3 Å². The fraction of sp³-hybridized carbons (Fsp3) is 0.261. The molecule has 0 aliphatic heterocycles. The van der Waals surface area contributed by atoms with Crippen LogP contribution >= 0.6 is 0 Å². The molecule has 0 fully saturated rings. The van der Waals surface area contributed by atoms with Crippen molar-refractivity contribution in [2.24, 2.45) is 0 Å². The summed E-state index contributed by atoms with van der Waals surface area (Å²) in [4.78, 5) is 0. The average Bonchev–Trinajstić information content (AvgIpc) is 3.22. The molecule has 3 rings (SSSR count). The maximum Gasteiger partial charge on any atom is 0.164 e. The molecule has 0 atom stereocenters. The molecule has 0 spiro atoms. The predicted molar refractivity (Wildman–Crippen MR) is 115 cm³/mol. The molecule has 0 aliphatic rings. The van der Waals surface area contributed by atoms with E-state index >= 15 is 0 Å². The normalized spacial score (nSPS) is 10.6. The van der Waals surface area contributed by atoms with E-state index in [-0.39, 0.29) is 0 Å². The number of aromatic nitrogens is 2. The summed E-state index contributed by atoms with van der Waals surface area (Å²) in [6.45, 7) is 5.21. The summed E-state index contributed by atoms with van der Waals surface area (Å²) in [7, 11) is 4.97. The van der Waals surface area contributed by atoms with Crippen LogP contribution in [0.1, 0.15) is 16.7 Å². The molecule has 152 valence electrons. The quantitative estimate of drug-likeness (QED) is 0.507. The minimum Gasteiger partial charge on any atom is -0.497 e. The summed E-state index contributed by atoms with van der Waals surface area (Å²) < 4.78 is 16.2. The fourth-order valence-corrected chi connectivity index (χ4v) is 3.31. The maximum atomic E-state index is 5.50. The Morgan fingerprint density at radius 3 is 2.45 bits per heavy atom. The van der Waals surface area contributed by atoms with Crippen molar-refractivity contribution in [2.75, 3.05) is 21.3 Å². The van der Waals surface area contributed by atoms with Gasteiger partial charge in [-0.25, -0.2) is 0 Å². The highest BCUT2D eigenvalue weighted by Gasteiger charge is 2.12. The molecule has 3 aromatic rings. The van der Waals surface area contributed by atoms with Crippen LogP contribution < -0.4 is 19.5 Å². The minimum absolute atomic E-state index is 0.684. The lowest BCUT2D eigenvalue weighted by Crippen LogP contribution is -2.13. The van der Waals surface area contributed by atoms with Crippen LogP contribution in [0.25, 0.3) is 11.3 Å². The lowest BCUT2D eigenvalue weighted by Gasteiger charge is -2.15. The zero-order chi connectivity index (χ0) is 20.6. The van der Waals surface area contributed by atoms with Crippen molar-refractivity contribution < 1.29 is 14.2 Å². The Bertz CT molecular complexity index is 949. The van der Waals surface area contributed by atoms with E-state index in [0.29, 0.717) is 13.1 Å². The van der Waals surface area contributed by atoms with E-state index < -0.39 is 0 Å². The Hall–Kier alpha value is -3.25. The van der Waals surface area contributed by atoms with Gasteiger partial charge in [0.1, 0.15) is 5.75 Å². The van der Waals surface area contributed by atoms with E-state index in [1.807, 2.05) is 42.6 Å². The highest BCUT2D eigenvalue weighted by atomic mass is 16.5.